The Hall–Kier alpha value is -4.79. The zero-order chi connectivity index (χ0) is 23.1. The number of nitrogen functional groups attached to an aromatic ring is 1. The molecular weight excluding hydrogens is 430 g/mol. The van der Waals surface area contributed by atoms with E-state index in [1.807, 2.05) is 13.0 Å². The lowest BCUT2D eigenvalue weighted by molar-refractivity contribution is 0.565. The van der Waals surface area contributed by atoms with E-state index < -0.39 is 17.7 Å². The average Bonchev–Trinajstić information content (AvgIpc) is 3.45. The van der Waals surface area contributed by atoms with Crippen LogP contribution in [-0.4, -0.2) is 39.7 Å². The van der Waals surface area contributed by atoms with E-state index in [0.29, 0.717) is 28.1 Å². The zero-order valence-corrected chi connectivity index (χ0v) is 17.1. The van der Waals surface area contributed by atoms with E-state index in [9.17, 15) is 14.0 Å². The maximum Gasteiger partial charge on any atom is 0.164 e. The summed E-state index contributed by atoms with van der Waals surface area (Å²) in [6, 6.07) is 9.67. The summed E-state index contributed by atoms with van der Waals surface area (Å²) in [5.41, 5.74) is 8.12. The van der Waals surface area contributed by atoms with E-state index in [4.69, 9.17) is 5.73 Å². The molecule has 12 heteroatoms. The summed E-state index contributed by atoms with van der Waals surface area (Å²) in [4.78, 5) is 12.7. The van der Waals surface area contributed by atoms with Crippen molar-refractivity contribution in [2.24, 2.45) is 0 Å². The second kappa shape index (κ2) is 7.72. The van der Waals surface area contributed by atoms with Crippen molar-refractivity contribution in [3.8, 4) is 23.1 Å². The summed E-state index contributed by atoms with van der Waals surface area (Å²) in [6.45, 7) is 1.81. The van der Waals surface area contributed by atoms with Crippen LogP contribution in [0.2, 0.25) is 0 Å². The van der Waals surface area contributed by atoms with Crippen LogP contribution in [0.5, 0.6) is 0 Å². The highest BCUT2D eigenvalue weighted by atomic mass is 19.1. The van der Waals surface area contributed by atoms with Crippen LogP contribution in [0.4, 0.5) is 14.6 Å². The molecule has 4 aromatic heterocycles. The van der Waals surface area contributed by atoms with Gasteiger partial charge in [-0.1, -0.05) is 11.3 Å². The van der Waals surface area contributed by atoms with Gasteiger partial charge in [-0.2, -0.15) is 10.4 Å². The fourth-order valence-corrected chi connectivity index (χ4v) is 3.45. The molecule has 0 fully saturated rings. The number of hydrogen-bond acceptors (Lipinski definition) is 8. The number of pyridine rings is 1. The number of fused-ring (bicyclic) bond motifs is 1. The number of nitrogens with two attached hydrogens (primary N) is 1. The highest BCUT2D eigenvalue weighted by Gasteiger charge is 2.23. The van der Waals surface area contributed by atoms with Crippen LogP contribution in [0.3, 0.4) is 0 Å². The number of nitriles is 1. The molecule has 0 radical (unpaired) electrons. The van der Waals surface area contributed by atoms with Gasteiger partial charge in [0.05, 0.1) is 23.3 Å². The van der Waals surface area contributed by atoms with Crippen molar-refractivity contribution in [1.29, 1.82) is 5.26 Å². The fourth-order valence-electron chi connectivity index (χ4n) is 3.45. The number of rotatable bonds is 4. The van der Waals surface area contributed by atoms with Crippen molar-refractivity contribution in [1.82, 2.24) is 39.7 Å². The second-order valence-corrected chi connectivity index (χ2v) is 7.13. The topological polar surface area (TPSA) is 137 Å². The van der Waals surface area contributed by atoms with Gasteiger partial charge in [0, 0.05) is 6.07 Å². The highest BCUT2D eigenvalue weighted by molar-refractivity contribution is 5.97. The normalized spacial score (nSPS) is 12.1. The Kier molecular flexibility index (Phi) is 4.71. The Morgan fingerprint density at radius 2 is 2.00 bits per heavy atom. The predicted octanol–water partition coefficient (Wildman–Crippen LogP) is 2.81. The van der Waals surface area contributed by atoms with Crippen LogP contribution in [0.25, 0.3) is 28.1 Å². The molecule has 5 rings (SSSR count). The van der Waals surface area contributed by atoms with E-state index in [0.717, 1.165) is 12.1 Å². The van der Waals surface area contributed by atoms with Crippen molar-refractivity contribution < 1.29 is 8.78 Å². The molecule has 1 unspecified atom stereocenters. The highest BCUT2D eigenvalue weighted by Crippen LogP contribution is 2.32. The number of nitrogens with zero attached hydrogens (tertiary/aromatic N) is 9. The molecule has 0 aliphatic rings. The number of benzene rings is 1. The molecule has 2 N–H and O–H groups in total. The first-order chi connectivity index (χ1) is 16.0. The fraction of sp³-hybridized carbons (Fsp3) is 0.0952. The maximum atomic E-state index is 14.2. The molecular formula is C21H14F2N10. The second-order valence-electron chi connectivity index (χ2n) is 7.13. The minimum Gasteiger partial charge on any atom is -0.383 e. The smallest absolute Gasteiger partial charge is 0.164 e. The van der Waals surface area contributed by atoms with E-state index >= 15 is 0 Å². The van der Waals surface area contributed by atoms with Gasteiger partial charge >= 0.3 is 0 Å². The quantitative estimate of drug-likeness (QED) is 0.447. The Balaban J connectivity index is 1.62. The molecule has 33 heavy (non-hydrogen) atoms. The summed E-state index contributed by atoms with van der Waals surface area (Å²) in [7, 11) is 0. The van der Waals surface area contributed by atoms with Crippen molar-refractivity contribution in [2.75, 3.05) is 5.73 Å². The van der Waals surface area contributed by atoms with Gasteiger partial charge in [-0.15, -0.1) is 5.10 Å². The molecule has 0 aliphatic heterocycles. The molecule has 1 aromatic carbocycles. The number of aromatic nitrogens is 8. The Labute approximate surface area is 185 Å². The monoisotopic (exact) mass is 444 g/mol. The van der Waals surface area contributed by atoms with Gasteiger partial charge in [-0.05, 0) is 31.2 Å². The SMILES string of the molecule is CC(c1cn(-c2ccc(F)cc2F)nn1)n1nc(-c2cccc(C#N)n2)c2c(N)ncnc21. The van der Waals surface area contributed by atoms with E-state index in [1.54, 1.807) is 22.9 Å². The van der Waals surface area contributed by atoms with Crippen molar-refractivity contribution in [3.05, 3.63) is 71.9 Å². The molecule has 10 nitrogen and oxygen atoms in total. The third-order valence-electron chi connectivity index (χ3n) is 5.09. The summed E-state index contributed by atoms with van der Waals surface area (Å²) >= 11 is 0. The zero-order valence-electron chi connectivity index (χ0n) is 17.1. The first-order valence-corrected chi connectivity index (χ1v) is 9.70. The van der Waals surface area contributed by atoms with Gasteiger partial charge in [-0.3, -0.25) is 0 Å². The predicted molar refractivity (Wildman–Crippen MR) is 113 cm³/mol. The molecule has 0 saturated heterocycles. The number of halogens is 2. The number of hydrogen-bond donors (Lipinski definition) is 1. The van der Waals surface area contributed by atoms with Crippen molar-refractivity contribution >= 4 is 16.9 Å². The largest absolute Gasteiger partial charge is 0.383 e. The molecule has 0 aliphatic carbocycles. The third-order valence-corrected chi connectivity index (χ3v) is 5.09. The molecule has 4 heterocycles. The minimum absolute atomic E-state index is 0.0532. The lowest BCUT2D eigenvalue weighted by Gasteiger charge is -2.09. The van der Waals surface area contributed by atoms with E-state index in [2.05, 4.69) is 30.4 Å². The average molecular weight is 444 g/mol. The lowest BCUT2D eigenvalue weighted by Crippen LogP contribution is -2.10. The Bertz CT molecular complexity index is 1550. The molecule has 162 valence electrons. The van der Waals surface area contributed by atoms with Crippen LogP contribution in [0.15, 0.2) is 48.9 Å². The standard InChI is InChI=1S/C21H14F2N10/c1-11(16-9-32(31-29-16)17-6-5-12(22)7-14(17)23)33-21-18(20(25)26-10-27-21)19(30-33)15-4-2-3-13(8-24)28-15/h2-7,9-11H,1H3,(H2,25,26,27). The summed E-state index contributed by atoms with van der Waals surface area (Å²) in [5, 5.41) is 22.4. The van der Waals surface area contributed by atoms with Crippen LogP contribution >= 0.6 is 0 Å². The van der Waals surface area contributed by atoms with Gasteiger partial charge in [0.2, 0.25) is 0 Å². The van der Waals surface area contributed by atoms with Crippen LogP contribution in [0, 0.1) is 23.0 Å². The molecule has 0 amide bonds. The first-order valence-electron chi connectivity index (χ1n) is 9.70. The summed E-state index contributed by atoms with van der Waals surface area (Å²) in [6.07, 6.45) is 2.84. The van der Waals surface area contributed by atoms with E-state index in [1.165, 1.54) is 23.3 Å². The van der Waals surface area contributed by atoms with Crippen molar-refractivity contribution in [2.45, 2.75) is 13.0 Å². The van der Waals surface area contributed by atoms with Gasteiger partial charge < -0.3 is 5.73 Å². The van der Waals surface area contributed by atoms with Gasteiger partial charge in [0.25, 0.3) is 0 Å². The maximum absolute atomic E-state index is 14.2. The summed E-state index contributed by atoms with van der Waals surface area (Å²) in [5.74, 6) is -1.25. The summed E-state index contributed by atoms with van der Waals surface area (Å²) < 4.78 is 30.2. The number of anilines is 1. The van der Waals surface area contributed by atoms with E-state index in [-0.39, 0.29) is 17.2 Å². The third kappa shape index (κ3) is 3.41. The van der Waals surface area contributed by atoms with Crippen LogP contribution < -0.4 is 5.73 Å². The Morgan fingerprint density at radius 1 is 1.15 bits per heavy atom. The molecule has 0 bridgehead atoms. The molecule has 0 spiro atoms. The van der Waals surface area contributed by atoms with Gasteiger partial charge in [0.15, 0.2) is 11.5 Å². The van der Waals surface area contributed by atoms with Gasteiger partial charge in [0.1, 0.15) is 46.8 Å². The molecule has 1 atom stereocenters. The van der Waals surface area contributed by atoms with Crippen LogP contribution in [0.1, 0.15) is 24.4 Å². The van der Waals surface area contributed by atoms with Crippen molar-refractivity contribution in [3.63, 3.8) is 0 Å². The minimum atomic E-state index is -0.769. The Morgan fingerprint density at radius 3 is 2.79 bits per heavy atom. The van der Waals surface area contributed by atoms with Gasteiger partial charge in [-0.25, -0.2) is 33.1 Å². The lowest BCUT2D eigenvalue weighted by atomic mass is 10.2. The molecule has 0 saturated carbocycles. The first kappa shape index (κ1) is 20.1. The van der Waals surface area contributed by atoms with Crippen LogP contribution in [-0.2, 0) is 0 Å². The molecule has 5 aromatic rings.